The smallest absolute Gasteiger partial charge is 0.406 e. The Morgan fingerprint density at radius 3 is 2.31 bits per heavy atom. The Balaban J connectivity index is 1.67. The first kappa shape index (κ1) is 21.3. The molecular formula is C22H17F3N4O3. The number of nitrogens with zero attached hydrogens (tertiary/aromatic N) is 4. The van der Waals surface area contributed by atoms with Crippen molar-refractivity contribution in [1.82, 2.24) is 14.9 Å². The van der Waals surface area contributed by atoms with Crippen LogP contribution in [0.2, 0.25) is 0 Å². The van der Waals surface area contributed by atoms with Crippen molar-refractivity contribution < 1.29 is 27.5 Å². The molecule has 1 aromatic heterocycles. The predicted molar refractivity (Wildman–Crippen MR) is 109 cm³/mol. The van der Waals surface area contributed by atoms with Gasteiger partial charge in [0.25, 0.3) is 5.91 Å². The van der Waals surface area contributed by atoms with Gasteiger partial charge in [0, 0.05) is 19.4 Å². The summed E-state index contributed by atoms with van der Waals surface area (Å²) in [5.74, 6) is -0.582. The number of hydrogen-bond acceptors (Lipinski definition) is 5. The van der Waals surface area contributed by atoms with Gasteiger partial charge in [-0.05, 0) is 41.5 Å². The Labute approximate surface area is 181 Å². The van der Waals surface area contributed by atoms with Gasteiger partial charge in [-0.25, -0.2) is 9.97 Å². The van der Waals surface area contributed by atoms with Crippen LogP contribution in [-0.4, -0.2) is 46.6 Å². The lowest BCUT2D eigenvalue weighted by Gasteiger charge is -2.19. The van der Waals surface area contributed by atoms with Crippen LogP contribution in [0.5, 0.6) is 5.75 Å². The maximum Gasteiger partial charge on any atom is 0.573 e. The van der Waals surface area contributed by atoms with Crippen LogP contribution in [0.15, 0.2) is 60.9 Å². The Bertz CT molecular complexity index is 1150. The second-order valence-corrected chi connectivity index (χ2v) is 7.08. The minimum atomic E-state index is -4.78. The number of halogens is 3. The number of amides is 2. The standard InChI is InChI=1S/C22H17F3N4O3/c1-28-18-8-5-15(14-3-6-16(7-4-14)32-22(23,24)25)11-17(18)21(31)29(13-20(28)30)12-19-26-9-2-10-27-19/h2-11H,12-13H2,1H3. The van der Waals surface area contributed by atoms with Gasteiger partial charge in [0.05, 0.1) is 17.8 Å². The largest absolute Gasteiger partial charge is 0.573 e. The van der Waals surface area contributed by atoms with Gasteiger partial charge < -0.3 is 14.5 Å². The number of aromatic nitrogens is 2. The lowest BCUT2D eigenvalue weighted by atomic mass is 10.0. The molecule has 0 saturated carbocycles. The van der Waals surface area contributed by atoms with Crippen molar-refractivity contribution in [2.75, 3.05) is 18.5 Å². The number of carbonyl (C=O) groups excluding carboxylic acids is 2. The van der Waals surface area contributed by atoms with Crippen LogP contribution in [0.25, 0.3) is 11.1 Å². The fraction of sp³-hybridized carbons (Fsp3) is 0.182. The van der Waals surface area contributed by atoms with Gasteiger partial charge in [-0.15, -0.1) is 13.2 Å². The van der Waals surface area contributed by atoms with Crippen molar-refractivity contribution in [1.29, 1.82) is 0 Å². The maximum atomic E-state index is 13.3. The quantitative estimate of drug-likeness (QED) is 0.617. The minimum absolute atomic E-state index is 0.0619. The maximum absolute atomic E-state index is 13.3. The van der Waals surface area contributed by atoms with E-state index in [1.807, 2.05) is 0 Å². The first-order valence-corrected chi connectivity index (χ1v) is 9.53. The summed E-state index contributed by atoms with van der Waals surface area (Å²) in [6.45, 7) is -0.0759. The minimum Gasteiger partial charge on any atom is -0.406 e. The molecule has 164 valence electrons. The second-order valence-electron chi connectivity index (χ2n) is 7.08. The highest BCUT2D eigenvalue weighted by Crippen LogP contribution is 2.32. The van der Waals surface area contributed by atoms with Crippen molar-refractivity contribution in [2.45, 2.75) is 12.9 Å². The molecule has 32 heavy (non-hydrogen) atoms. The zero-order valence-electron chi connectivity index (χ0n) is 16.8. The molecule has 10 heteroatoms. The number of fused-ring (bicyclic) bond motifs is 1. The van der Waals surface area contributed by atoms with E-state index in [-0.39, 0.29) is 30.7 Å². The first-order valence-electron chi connectivity index (χ1n) is 9.53. The summed E-state index contributed by atoms with van der Waals surface area (Å²) in [6.07, 6.45) is -1.67. The van der Waals surface area contributed by atoms with E-state index in [4.69, 9.17) is 0 Å². The van der Waals surface area contributed by atoms with E-state index in [1.165, 1.54) is 34.1 Å². The fourth-order valence-corrected chi connectivity index (χ4v) is 3.38. The lowest BCUT2D eigenvalue weighted by molar-refractivity contribution is -0.274. The molecule has 3 aromatic rings. The van der Waals surface area contributed by atoms with Gasteiger partial charge in [0.2, 0.25) is 5.91 Å². The Hall–Kier alpha value is -3.95. The van der Waals surface area contributed by atoms with Crippen LogP contribution in [0.4, 0.5) is 18.9 Å². The van der Waals surface area contributed by atoms with Crippen molar-refractivity contribution >= 4 is 17.5 Å². The highest BCUT2D eigenvalue weighted by molar-refractivity contribution is 6.10. The number of ether oxygens (including phenoxy) is 1. The normalized spacial score (nSPS) is 14.2. The van der Waals surface area contributed by atoms with Crippen LogP contribution in [0.1, 0.15) is 16.2 Å². The number of alkyl halides is 3. The van der Waals surface area contributed by atoms with Crippen molar-refractivity contribution in [3.05, 3.63) is 72.3 Å². The van der Waals surface area contributed by atoms with Gasteiger partial charge >= 0.3 is 6.36 Å². The molecule has 2 amide bonds. The number of likely N-dealkylation sites (N-methyl/N-ethyl adjacent to an activating group) is 1. The highest BCUT2D eigenvalue weighted by Gasteiger charge is 2.32. The first-order chi connectivity index (χ1) is 15.2. The average Bonchev–Trinajstić information content (AvgIpc) is 2.85. The van der Waals surface area contributed by atoms with Crippen LogP contribution in [-0.2, 0) is 11.3 Å². The van der Waals surface area contributed by atoms with Crippen molar-refractivity contribution in [3.63, 3.8) is 0 Å². The number of anilines is 1. The number of benzene rings is 2. The van der Waals surface area contributed by atoms with Crippen molar-refractivity contribution in [3.8, 4) is 16.9 Å². The third kappa shape index (κ3) is 4.53. The highest BCUT2D eigenvalue weighted by atomic mass is 19.4. The summed E-state index contributed by atoms with van der Waals surface area (Å²) in [5, 5.41) is 0. The van der Waals surface area contributed by atoms with E-state index >= 15 is 0 Å². The van der Waals surface area contributed by atoms with Crippen LogP contribution < -0.4 is 9.64 Å². The summed E-state index contributed by atoms with van der Waals surface area (Å²) in [5.41, 5.74) is 1.93. The van der Waals surface area contributed by atoms with E-state index < -0.39 is 6.36 Å². The third-order valence-electron chi connectivity index (χ3n) is 4.95. The van der Waals surface area contributed by atoms with Gasteiger partial charge in [0.15, 0.2) is 0 Å². The zero-order chi connectivity index (χ0) is 22.9. The molecule has 0 radical (unpaired) electrons. The summed E-state index contributed by atoms with van der Waals surface area (Å²) in [4.78, 5) is 36.9. The van der Waals surface area contributed by atoms with E-state index in [2.05, 4.69) is 14.7 Å². The van der Waals surface area contributed by atoms with E-state index in [1.54, 1.807) is 43.7 Å². The molecule has 0 bridgehead atoms. The molecule has 0 unspecified atom stereocenters. The van der Waals surface area contributed by atoms with Gasteiger partial charge in [-0.3, -0.25) is 9.59 Å². The summed E-state index contributed by atoms with van der Waals surface area (Å²) < 4.78 is 41.1. The van der Waals surface area contributed by atoms with Crippen LogP contribution >= 0.6 is 0 Å². The molecule has 2 aromatic carbocycles. The van der Waals surface area contributed by atoms with Crippen LogP contribution in [0.3, 0.4) is 0 Å². The monoisotopic (exact) mass is 442 g/mol. The fourth-order valence-electron chi connectivity index (χ4n) is 3.38. The Kier molecular flexibility index (Phi) is 5.52. The molecule has 0 spiro atoms. The number of carbonyl (C=O) groups is 2. The van der Waals surface area contributed by atoms with E-state index in [0.717, 1.165) is 0 Å². The summed E-state index contributed by atoms with van der Waals surface area (Å²) in [6, 6.07) is 11.9. The lowest BCUT2D eigenvalue weighted by Crippen LogP contribution is -2.37. The molecular weight excluding hydrogens is 425 g/mol. The second kappa shape index (κ2) is 8.29. The molecule has 0 atom stereocenters. The topological polar surface area (TPSA) is 75.6 Å². The molecule has 2 heterocycles. The van der Waals surface area contributed by atoms with E-state index in [0.29, 0.717) is 28.2 Å². The van der Waals surface area contributed by atoms with Gasteiger partial charge in [-0.1, -0.05) is 18.2 Å². The molecule has 7 nitrogen and oxygen atoms in total. The molecule has 1 aliphatic heterocycles. The van der Waals surface area contributed by atoms with Gasteiger partial charge in [-0.2, -0.15) is 0 Å². The number of hydrogen-bond donors (Lipinski definition) is 0. The SMILES string of the molecule is CN1C(=O)CN(Cc2ncccn2)C(=O)c2cc(-c3ccc(OC(F)(F)F)cc3)ccc21. The third-order valence-corrected chi connectivity index (χ3v) is 4.95. The van der Waals surface area contributed by atoms with Crippen molar-refractivity contribution in [2.24, 2.45) is 0 Å². The molecule has 0 fully saturated rings. The van der Waals surface area contributed by atoms with Crippen LogP contribution in [0, 0.1) is 0 Å². The Morgan fingerprint density at radius 1 is 1.00 bits per heavy atom. The predicted octanol–water partition coefficient (Wildman–Crippen LogP) is 3.66. The molecule has 0 saturated heterocycles. The van der Waals surface area contributed by atoms with E-state index in [9.17, 15) is 22.8 Å². The zero-order valence-corrected chi connectivity index (χ0v) is 16.8. The van der Waals surface area contributed by atoms with Gasteiger partial charge in [0.1, 0.15) is 18.1 Å². The summed E-state index contributed by atoms with van der Waals surface area (Å²) >= 11 is 0. The molecule has 0 aliphatic carbocycles. The molecule has 1 aliphatic rings. The molecule has 4 rings (SSSR count). The summed E-state index contributed by atoms with van der Waals surface area (Å²) in [7, 11) is 1.58. The Morgan fingerprint density at radius 2 is 1.66 bits per heavy atom. The number of rotatable bonds is 4. The molecule has 0 N–H and O–H groups in total. The average molecular weight is 442 g/mol.